The number of hydrogen-bond acceptors (Lipinski definition) is 11. The predicted molar refractivity (Wildman–Crippen MR) is 300 cm³/mol. The fraction of sp³-hybridized carbons (Fsp3) is 0.500. The maximum Gasteiger partial charge on any atom is 0.326 e. The van der Waals surface area contributed by atoms with E-state index in [1.54, 1.807) is 58.2 Å². The predicted octanol–water partition coefficient (Wildman–Crippen LogP) is 2.06. The van der Waals surface area contributed by atoms with E-state index in [0.717, 1.165) is 22.9 Å². The van der Waals surface area contributed by atoms with Crippen LogP contribution in [-0.2, 0) is 79.2 Å². The van der Waals surface area contributed by atoms with Crippen LogP contribution in [-0.4, -0.2) is 145 Å². The van der Waals surface area contributed by atoms with Crippen molar-refractivity contribution in [1.82, 2.24) is 47.5 Å². The van der Waals surface area contributed by atoms with Gasteiger partial charge in [0.2, 0.25) is 41.4 Å². The summed E-state index contributed by atoms with van der Waals surface area (Å²) in [6.07, 6.45) is 6.20. The normalized spacial score (nSPS) is 17.1. The van der Waals surface area contributed by atoms with Gasteiger partial charge in [0.1, 0.15) is 42.3 Å². The van der Waals surface area contributed by atoms with Gasteiger partial charge in [-0.05, 0) is 73.2 Å². The lowest BCUT2D eigenvalue weighted by molar-refractivity contribution is -0.142. The second kappa shape index (κ2) is 31.0. The third kappa shape index (κ3) is 19.6. The molecule has 20 nitrogen and oxygen atoms in total. The quantitative estimate of drug-likeness (QED) is 0.0347. The van der Waals surface area contributed by atoms with E-state index in [-0.39, 0.29) is 61.9 Å². The molecule has 4 aromatic rings. The van der Waals surface area contributed by atoms with Gasteiger partial charge in [0.05, 0.1) is 6.04 Å². The Kier molecular flexibility index (Phi) is 24.6. The van der Waals surface area contributed by atoms with Crippen molar-refractivity contribution >= 4 is 79.8 Å². The third-order valence-electron chi connectivity index (χ3n) is 13.7. The van der Waals surface area contributed by atoms with Crippen LogP contribution in [0.5, 0.6) is 0 Å². The summed E-state index contributed by atoms with van der Waals surface area (Å²) in [7, 11) is -2.77. The van der Waals surface area contributed by atoms with Gasteiger partial charge in [-0.2, -0.15) is 0 Å². The summed E-state index contributed by atoms with van der Waals surface area (Å²) < 4.78 is 24.2. The highest BCUT2D eigenvalue weighted by atomic mass is 32.2. The average molecular weight is 1120 g/mol. The van der Waals surface area contributed by atoms with Crippen molar-refractivity contribution in [2.75, 3.05) is 30.6 Å². The molecule has 1 saturated heterocycles. The van der Waals surface area contributed by atoms with Gasteiger partial charge >= 0.3 is 5.97 Å². The van der Waals surface area contributed by atoms with Crippen molar-refractivity contribution < 1.29 is 51.9 Å². The van der Waals surface area contributed by atoms with Crippen LogP contribution in [0, 0.1) is 11.8 Å². The Hall–Kier alpha value is -6.78. The molecule has 0 spiro atoms. The number of fused-ring (bicyclic) bond motifs is 1. The number of H-pyrrole nitrogens is 1. The number of carboxylic acids is 1. The maximum absolute atomic E-state index is 14.9. The Morgan fingerprint density at radius 1 is 0.590 bits per heavy atom. The molecule has 10 N–H and O–H groups in total. The van der Waals surface area contributed by atoms with E-state index in [0.29, 0.717) is 30.5 Å². The number of nitrogens with one attached hydrogen (secondary N) is 9. The molecule has 0 saturated carbocycles. The molecule has 2 unspecified atom stereocenters. The standard InChI is InChI=1S/C56H77N9O11S2/c1-7-35(4)48(55(72)59-42(24-27-77(5)75)50(67)61-44(29-34(2)3)51(68)60-43(56(73)74)25-28-78(6)76)65-54(71)47(32-38-33-58-40-22-15-14-21-39(38)40)64-53(70)46(31-37-19-12-9-13-20-37)63-52(69)45(30-36-17-10-8-11-18-36)62-49(66)41-23-16-26-57-41/h8-15,17-22,33-35,41-48,57-58H,7,16,23-32H2,1-6H3,(H,59,72)(H,60,68)(H,61,67)(H,62,66)(H,63,69)(H,64,70)(H,65,71)(H,73,74)/t35-,41-,42-,43-,44-,45-,46-,47-,48-,77?,78?/m0/s1. The van der Waals surface area contributed by atoms with Crippen molar-refractivity contribution in [3.05, 3.63) is 108 Å². The Bertz CT molecular complexity index is 2720. The molecule has 7 amide bonds. The molecule has 0 bridgehead atoms. The number of hydrogen-bond donors (Lipinski definition) is 10. The van der Waals surface area contributed by atoms with Crippen molar-refractivity contribution in [2.24, 2.45) is 11.8 Å². The smallest absolute Gasteiger partial charge is 0.326 e. The highest BCUT2D eigenvalue weighted by Gasteiger charge is 2.37. The lowest BCUT2D eigenvalue weighted by Gasteiger charge is -2.30. The lowest BCUT2D eigenvalue weighted by atomic mass is 9.96. The monoisotopic (exact) mass is 1120 g/mol. The summed E-state index contributed by atoms with van der Waals surface area (Å²) in [6.45, 7) is 7.79. The molecule has 0 radical (unpaired) electrons. The van der Waals surface area contributed by atoms with Crippen LogP contribution in [0.4, 0.5) is 0 Å². The Morgan fingerprint density at radius 3 is 1.60 bits per heavy atom. The first-order valence-electron chi connectivity index (χ1n) is 26.5. The number of aromatic amines is 1. The Balaban J connectivity index is 1.44. The minimum Gasteiger partial charge on any atom is -0.480 e. The number of rotatable bonds is 31. The molecule has 424 valence electrons. The van der Waals surface area contributed by atoms with Gasteiger partial charge in [0, 0.05) is 82.0 Å². The summed E-state index contributed by atoms with van der Waals surface area (Å²) in [5.41, 5.74) is 2.89. The largest absolute Gasteiger partial charge is 0.480 e. The SMILES string of the molecule is CC[C@H](C)[C@H](NC(=O)[C@H](Cc1c[nH]c2ccccc12)NC(=O)[C@H](Cc1ccccc1)NC(=O)[C@H](Cc1ccccc1)NC(=O)[C@@H]1CCCN1)C(=O)N[C@@H](CCS(C)=O)C(=O)N[C@@H](CC(C)C)C(=O)N[C@@H](CCS(C)=O)C(=O)O. The Labute approximate surface area is 461 Å². The molecule has 11 atom stereocenters. The van der Waals surface area contributed by atoms with Crippen molar-refractivity contribution in [2.45, 2.75) is 134 Å². The number of carbonyl (C=O) groups is 8. The molecule has 78 heavy (non-hydrogen) atoms. The fourth-order valence-electron chi connectivity index (χ4n) is 9.13. The summed E-state index contributed by atoms with van der Waals surface area (Å²) in [5.74, 6) is -6.96. The van der Waals surface area contributed by atoms with Crippen LogP contribution in [0.2, 0.25) is 0 Å². The van der Waals surface area contributed by atoms with E-state index >= 15 is 0 Å². The molecule has 1 aliphatic heterocycles. The van der Waals surface area contributed by atoms with Crippen LogP contribution in [0.1, 0.15) is 82.9 Å². The van der Waals surface area contributed by atoms with E-state index in [9.17, 15) is 51.9 Å². The van der Waals surface area contributed by atoms with Crippen LogP contribution >= 0.6 is 0 Å². The molecule has 1 aliphatic rings. The number of amides is 7. The van der Waals surface area contributed by atoms with Crippen molar-refractivity contribution in [3.63, 3.8) is 0 Å². The Morgan fingerprint density at radius 2 is 1.06 bits per heavy atom. The number of carboxylic acid groups (broad SMARTS) is 1. The summed E-state index contributed by atoms with van der Waals surface area (Å²) in [5, 5.41) is 33.1. The topological polar surface area (TPSA) is 303 Å². The van der Waals surface area contributed by atoms with Crippen molar-refractivity contribution in [3.8, 4) is 0 Å². The van der Waals surface area contributed by atoms with Gasteiger partial charge in [0.15, 0.2) is 0 Å². The number of aromatic nitrogens is 1. The number of para-hydroxylation sites is 1. The van der Waals surface area contributed by atoms with Crippen LogP contribution < -0.4 is 42.5 Å². The first-order chi connectivity index (χ1) is 37.2. The minimum absolute atomic E-state index is 0.000728. The highest BCUT2D eigenvalue weighted by Crippen LogP contribution is 2.21. The zero-order valence-electron chi connectivity index (χ0n) is 45.3. The van der Waals surface area contributed by atoms with E-state index < -0.39 is 117 Å². The maximum atomic E-state index is 14.9. The van der Waals surface area contributed by atoms with Gasteiger partial charge in [-0.15, -0.1) is 0 Å². The van der Waals surface area contributed by atoms with Gasteiger partial charge in [-0.25, -0.2) is 4.79 Å². The molecular formula is C56H77N9O11S2. The molecule has 3 aromatic carbocycles. The fourth-order valence-corrected chi connectivity index (χ4v) is 10.3. The second-order valence-electron chi connectivity index (χ2n) is 20.4. The average Bonchev–Trinajstić information content (AvgIpc) is 4.12. The van der Waals surface area contributed by atoms with Crippen LogP contribution in [0.25, 0.3) is 10.9 Å². The highest BCUT2D eigenvalue weighted by molar-refractivity contribution is 7.84. The lowest BCUT2D eigenvalue weighted by Crippen LogP contribution is -2.61. The van der Waals surface area contributed by atoms with Gasteiger partial charge in [-0.3, -0.25) is 42.0 Å². The molecule has 22 heteroatoms. The molecule has 1 fully saturated rings. The zero-order chi connectivity index (χ0) is 56.9. The zero-order valence-corrected chi connectivity index (χ0v) is 46.9. The number of carbonyl (C=O) groups excluding carboxylic acids is 7. The number of benzene rings is 3. The molecule has 1 aromatic heterocycles. The second-order valence-corrected chi connectivity index (χ2v) is 23.5. The van der Waals surface area contributed by atoms with Crippen LogP contribution in [0.3, 0.4) is 0 Å². The molecule has 0 aliphatic carbocycles. The van der Waals surface area contributed by atoms with Gasteiger partial charge in [0.25, 0.3) is 0 Å². The molecule has 2 heterocycles. The van der Waals surface area contributed by atoms with Crippen molar-refractivity contribution in [1.29, 1.82) is 0 Å². The van der Waals surface area contributed by atoms with E-state index in [1.165, 1.54) is 12.5 Å². The van der Waals surface area contributed by atoms with E-state index in [2.05, 4.69) is 47.5 Å². The molecule has 5 rings (SSSR count). The van der Waals surface area contributed by atoms with Gasteiger partial charge in [-0.1, -0.05) is 113 Å². The van der Waals surface area contributed by atoms with Gasteiger partial charge < -0.3 is 52.6 Å². The summed E-state index contributed by atoms with van der Waals surface area (Å²) >= 11 is 0. The van der Waals surface area contributed by atoms with E-state index in [1.807, 2.05) is 60.7 Å². The minimum atomic E-state index is -1.43. The first-order valence-corrected chi connectivity index (χ1v) is 30.0. The van der Waals surface area contributed by atoms with Crippen LogP contribution in [0.15, 0.2) is 91.1 Å². The first kappa shape index (κ1) is 62.1. The summed E-state index contributed by atoms with van der Waals surface area (Å²) in [4.78, 5) is 115. The summed E-state index contributed by atoms with van der Waals surface area (Å²) in [6, 6.07) is 16.0. The number of aliphatic carboxylic acids is 1. The molecular weight excluding hydrogens is 1040 g/mol. The van der Waals surface area contributed by atoms with E-state index in [4.69, 9.17) is 0 Å². The third-order valence-corrected chi connectivity index (χ3v) is 15.3.